The fourth-order valence-corrected chi connectivity index (χ4v) is 2.11. The van der Waals surface area contributed by atoms with Crippen molar-refractivity contribution in [2.45, 2.75) is 33.0 Å². The van der Waals surface area contributed by atoms with Crippen LogP contribution >= 0.6 is 0 Å². The molecule has 1 aliphatic rings. The molecule has 1 heterocycles. The molecule has 2 rings (SSSR count). The molecule has 0 radical (unpaired) electrons. The first-order valence-electron chi connectivity index (χ1n) is 6.18. The second-order valence-electron chi connectivity index (χ2n) is 4.63. The third-order valence-electron chi connectivity index (χ3n) is 3.15. The molecule has 96 valence electrons. The van der Waals surface area contributed by atoms with E-state index >= 15 is 0 Å². The molecule has 0 spiro atoms. The fraction of sp³-hybridized carbons (Fsp3) is 0.400. The van der Waals surface area contributed by atoms with Gasteiger partial charge in [0.15, 0.2) is 0 Å². The first-order valence-corrected chi connectivity index (χ1v) is 6.18. The smallest absolute Gasteiger partial charge is 0.137 e. The topological polar surface area (TPSA) is 35.5 Å². The van der Waals surface area contributed by atoms with Gasteiger partial charge in [0.1, 0.15) is 30.5 Å². The van der Waals surface area contributed by atoms with Crippen molar-refractivity contribution >= 4 is 5.78 Å². The van der Waals surface area contributed by atoms with Crippen molar-refractivity contribution in [3.63, 3.8) is 0 Å². The van der Waals surface area contributed by atoms with Crippen molar-refractivity contribution in [1.82, 2.24) is 0 Å². The summed E-state index contributed by atoms with van der Waals surface area (Å²) < 4.78 is 11.1. The molecule has 3 nitrogen and oxygen atoms in total. The Labute approximate surface area is 107 Å². The molecule has 18 heavy (non-hydrogen) atoms. The van der Waals surface area contributed by atoms with E-state index in [1.807, 2.05) is 37.3 Å². The zero-order valence-corrected chi connectivity index (χ0v) is 10.8. The third kappa shape index (κ3) is 3.13. The number of carbonyl (C=O) groups excluding carboxylic acids is 1. The molecule has 0 N–H and O–H groups in total. The molecule has 2 atom stereocenters. The van der Waals surface area contributed by atoms with Gasteiger partial charge in [-0.05, 0) is 19.4 Å². The molecule has 1 aromatic carbocycles. The van der Waals surface area contributed by atoms with Crippen molar-refractivity contribution in [3.8, 4) is 0 Å². The zero-order chi connectivity index (χ0) is 13.0. The minimum atomic E-state index is -0.0472. The van der Waals surface area contributed by atoms with Gasteiger partial charge in [0.2, 0.25) is 0 Å². The van der Waals surface area contributed by atoms with Crippen LogP contribution in [0.1, 0.15) is 25.8 Å². The van der Waals surface area contributed by atoms with E-state index < -0.39 is 0 Å². The monoisotopic (exact) mass is 246 g/mol. The average Bonchev–Trinajstić information content (AvgIpc) is 2.72. The van der Waals surface area contributed by atoms with Crippen molar-refractivity contribution in [3.05, 3.63) is 47.9 Å². The van der Waals surface area contributed by atoms with Gasteiger partial charge in [-0.25, -0.2) is 0 Å². The van der Waals surface area contributed by atoms with Crippen LogP contribution in [0.3, 0.4) is 0 Å². The Morgan fingerprint density at radius 2 is 2.17 bits per heavy atom. The molecule has 1 aliphatic heterocycles. The quantitative estimate of drug-likeness (QED) is 0.766. The van der Waals surface area contributed by atoms with Gasteiger partial charge in [-0.2, -0.15) is 0 Å². The number of allylic oxidation sites excluding steroid dienone is 1. The maximum Gasteiger partial charge on any atom is 0.137 e. The van der Waals surface area contributed by atoms with Crippen LogP contribution in [-0.2, 0) is 20.9 Å². The van der Waals surface area contributed by atoms with Crippen LogP contribution in [0, 0.1) is 5.92 Å². The second-order valence-corrected chi connectivity index (χ2v) is 4.63. The van der Waals surface area contributed by atoms with Crippen molar-refractivity contribution in [2.24, 2.45) is 5.92 Å². The zero-order valence-electron chi connectivity index (χ0n) is 10.8. The molecular formula is C15H18O3. The van der Waals surface area contributed by atoms with Gasteiger partial charge in [0.05, 0.1) is 5.92 Å². The molecule has 0 saturated carbocycles. The van der Waals surface area contributed by atoms with E-state index in [0.717, 1.165) is 11.3 Å². The number of rotatable bonds is 4. The number of Topliss-reactive ketones (excluding diaryl/α,β-unsaturated/α-hetero) is 1. The van der Waals surface area contributed by atoms with Gasteiger partial charge in [-0.3, -0.25) is 4.79 Å². The van der Waals surface area contributed by atoms with E-state index in [1.54, 1.807) is 13.2 Å². The lowest BCUT2D eigenvalue weighted by atomic mass is 9.98. The summed E-state index contributed by atoms with van der Waals surface area (Å²) in [5, 5.41) is 0. The Hall–Kier alpha value is -1.77. The molecule has 1 aromatic rings. The molecule has 0 amide bonds. The van der Waals surface area contributed by atoms with Gasteiger partial charge in [-0.1, -0.05) is 30.3 Å². The number of benzene rings is 1. The lowest BCUT2D eigenvalue weighted by Crippen LogP contribution is -2.18. The minimum Gasteiger partial charge on any atom is -0.493 e. The molecule has 0 bridgehead atoms. The highest BCUT2D eigenvalue weighted by molar-refractivity contribution is 5.79. The fourth-order valence-electron chi connectivity index (χ4n) is 2.11. The van der Waals surface area contributed by atoms with E-state index in [-0.39, 0.29) is 17.8 Å². The molecular weight excluding hydrogens is 228 g/mol. The predicted molar refractivity (Wildman–Crippen MR) is 68.6 cm³/mol. The average molecular weight is 246 g/mol. The number of ketones is 1. The predicted octanol–water partition coefficient (Wildman–Crippen LogP) is 3.06. The van der Waals surface area contributed by atoms with Crippen molar-refractivity contribution in [1.29, 1.82) is 0 Å². The van der Waals surface area contributed by atoms with Gasteiger partial charge in [-0.15, -0.1) is 0 Å². The van der Waals surface area contributed by atoms with Crippen LogP contribution in [0.5, 0.6) is 0 Å². The van der Waals surface area contributed by atoms with Crippen LogP contribution in [0.4, 0.5) is 0 Å². The normalized spacial score (nSPS) is 24.9. The number of hydrogen-bond acceptors (Lipinski definition) is 3. The third-order valence-corrected chi connectivity index (χ3v) is 3.15. The van der Waals surface area contributed by atoms with E-state index in [0.29, 0.717) is 13.0 Å². The Morgan fingerprint density at radius 1 is 1.44 bits per heavy atom. The van der Waals surface area contributed by atoms with Crippen molar-refractivity contribution < 1.29 is 14.3 Å². The molecule has 3 heteroatoms. The van der Waals surface area contributed by atoms with Crippen LogP contribution in [-0.4, -0.2) is 11.9 Å². The highest BCUT2D eigenvalue weighted by atomic mass is 16.5. The second kappa shape index (κ2) is 5.71. The van der Waals surface area contributed by atoms with E-state index in [2.05, 4.69) is 0 Å². The minimum absolute atomic E-state index is 0.0309. The lowest BCUT2D eigenvalue weighted by Gasteiger charge is -2.08. The summed E-state index contributed by atoms with van der Waals surface area (Å²) in [6.45, 7) is 4.05. The summed E-state index contributed by atoms with van der Waals surface area (Å²) in [5.41, 5.74) is 1.11. The largest absolute Gasteiger partial charge is 0.493 e. The Kier molecular flexibility index (Phi) is 4.03. The van der Waals surface area contributed by atoms with Crippen LogP contribution in [0.25, 0.3) is 0 Å². The summed E-state index contributed by atoms with van der Waals surface area (Å²) in [6.07, 6.45) is 2.23. The summed E-state index contributed by atoms with van der Waals surface area (Å²) in [5.74, 6) is 0.907. The van der Waals surface area contributed by atoms with Gasteiger partial charge < -0.3 is 9.47 Å². The van der Waals surface area contributed by atoms with Crippen LogP contribution in [0.15, 0.2) is 42.4 Å². The maximum atomic E-state index is 11.3. The molecule has 2 unspecified atom stereocenters. The summed E-state index contributed by atoms with van der Waals surface area (Å²) in [7, 11) is 0. The van der Waals surface area contributed by atoms with Gasteiger partial charge >= 0.3 is 0 Å². The van der Waals surface area contributed by atoms with Crippen LogP contribution < -0.4 is 0 Å². The highest BCUT2D eigenvalue weighted by Crippen LogP contribution is 2.29. The lowest BCUT2D eigenvalue weighted by molar-refractivity contribution is -0.121. The molecule has 1 fully saturated rings. The van der Waals surface area contributed by atoms with E-state index in [1.165, 1.54) is 0 Å². The summed E-state index contributed by atoms with van der Waals surface area (Å²) >= 11 is 0. The first-order chi connectivity index (χ1) is 8.66. The number of hydrogen-bond donors (Lipinski definition) is 0. The molecule has 0 aliphatic carbocycles. The Balaban J connectivity index is 1.86. The van der Waals surface area contributed by atoms with Crippen molar-refractivity contribution in [2.75, 3.05) is 0 Å². The number of ether oxygens (including phenoxy) is 2. The van der Waals surface area contributed by atoms with E-state index in [9.17, 15) is 4.79 Å². The standard InChI is InChI=1S/C15H18O3/c1-11(16)15-8-14(18-12(15)2)10-17-9-13-6-4-3-5-7-13/h3-7,10,12,15H,8-9H2,1-2H3/b14-10-. The number of carbonyl (C=O) groups is 1. The van der Waals surface area contributed by atoms with Gasteiger partial charge in [0, 0.05) is 6.42 Å². The van der Waals surface area contributed by atoms with E-state index in [4.69, 9.17) is 9.47 Å². The molecule has 0 aromatic heterocycles. The Morgan fingerprint density at radius 3 is 2.78 bits per heavy atom. The Bertz CT molecular complexity index is 436. The summed E-state index contributed by atoms with van der Waals surface area (Å²) in [6, 6.07) is 9.95. The highest BCUT2D eigenvalue weighted by Gasteiger charge is 2.32. The summed E-state index contributed by atoms with van der Waals surface area (Å²) in [4.78, 5) is 11.3. The van der Waals surface area contributed by atoms with Gasteiger partial charge in [0.25, 0.3) is 0 Å². The van der Waals surface area contributed by atoms with Crippen LogP contribution in [0.2, 0.25) is 0 Å². The maximum absolute atomic E-state index is 11.3. The molecule has 1 saturated heterocycles. The SMILES string of the molecule is CC(=O)C1C/C(=C/OCc2ccccc2)OC1C. The first kappa shape index (κ1) is 12.7.